The number of carbonyl (C=O) groups is 3. The molecule has 2 atom stereocenters. The van der Waals surface area contributed by atoms with Crippen LogP contribution in [0.15, 0.2) is 91.1 Å². The molecule has 2 aliphatic rings. The first-order valence-corrected chi connectivity index (χ1v) is 21.0. The topological polar surface area (TPSA) is 149 Å². The van der Waals surface area contributed by atoms with Gasteiger partial charge in [0.05, 0.1) is 10.0 Å². The number of nitrogens with zero attached hydrogens (tertiary/aromatic N) is 2. The van der Waals surface area contributed by atoms with Crippen molar-refractivity contribution in [2.24, 2.45) is 0 Å². The van der Waals surface area contributed by atoms with Gasteiger partial charge in [0, 0.05) is 49.6 Å². The fourth-order valence-corrected chi connectivity index (χ4v) is 7.13. The zero-order valence-corrected chi connectivity index (χ0v) is 37.4. The number of fused-ring (bicyclic) bond motifs is 2. The van der Waals surface area contributed by atoms with Crippen molar-refractivity contribution in [1.29, 1.82) is 0 Å². The third kappa shape index (κ3) is 12.0. The van der Waals surface area contributed by atoms with Gasteiger partial charge in [-0.2, -0.15) is 0 Å². The van der Waals surface area contributed by atoms with Crippen LogP contribution in [0.2, 0.25) is 10.0 Å². The molecule has 0 bridgehead atoms. The number of ether oxygens (including phenoxy) is 4. The van der Waals surface area contributed by atoms with E-state index in [-0.39, 0.29) is 24.6 Å². The van der Waals surface area contributed by atoms with Crippen LogP contribution in [0.3, 0.4) is 0 Å². The van der Waals surface area contributed by atoms with Crippen molar-refractivity contribution in [2.75, 3.05) is 20.3 Å². The van der Waals surface area contributed by atoms with Crippen LogP contribution in [0, 0.1) is 13.8 Å². The van der Waals surface area contributed by atoms with E-state index < -0.39 is 11.6 Å². The Balaban J connectivity index is 0.00000176. The number of aliphatic hydroxyl groups is 1. The van der Waals surface area contributed by atoms with E-state index in [9.17, 15) is 9.59 Å². The molecule has 7 rings (SSSR count). The van der Waals surface area contributed by atoms with Crippen LogP contribution in [0.4, 0.5) is 4.79 Å². The monoisotopic (exact) mass is 884 g/mol. The summed E-state index contributed by atoms with van der Waals surface area (Å²) in [5.41, 5.74) is 6.22. The molecule has 0 spiro atoms. The largest absolute Gasteiger partial charge is 0.489 e. The second kappa shape index (κ2) is 21.8. The van der Waals surface area contributed by atoms with Crippen LogP contribution in [0.25, 0.3) is 0 Å². The van der Waals surface area contributed by atoms with E-state index in [0.717, 1.165) is 64.1 Å². The number of benzene rings is 4. The van der Waals surface area contributed by atoms with Gasteiger partial charge in [-0.3, -0.25) is 9.78 Å². The number of rotatable bonds is 12. The minimum Gasteiger partial charge on any atom is -0.489 e. The summed E-state index contributed by atoms with van der Waals surface area (Å²) >= 11 is 12.2. The summed E-state index contributed by atoms with van der Waals surface area (Å²) in [6, 6.07) is 25.7. The minimum absolute atomic E-state index is 0.210. The number of aryl methyl sites for hydroxylation is 1. The lowest BCUT2D eigenvalue weighted by Crippen LogP contribution is -2.58. The first-order valence-electron chi connectivity index (χ1n) is 20.3. The van der Waals surface area contributed by atoms with Gasteiger partial charge >= 0.3 is 6.03 Å². The van der Waals surface area contributed by atoms with Gasteiger partial charge in [0.15, 0.2) is 17.6 Å². The fourth-order valence-electron chi connectivity index (χ4n) is 6.81. The van der Waals surface area contributed by atoms with E-state index in [4.69, 9.17) is 52.1 Å². The molecule has 1 aromatic heterocycles. The van der Waals surface area contributed by atoms with Gasteiger partial charge in [-0.25, -0.2) is 4.79 Å². The van der Waals surface area contributed by atoms with Gasteiger partial charge in [0.25, 0.3) is 0 Å². The molecular formula is C48H54Cl2N4O8. The number of carbonyl (C=O) groups excluding carboxylic acids is 3. The van der Waals surface area contributed by atoms with E-state index >= 15 is 0 Å². The van der Waals surface area contributed by atoms with Crippen molar-refractivity contribution < 1.29 is 38.4 Å². The van der Waals surface area contributed by atoms with Crippen molar-refractivity contribution >= 4 is 41.9 Å². The maximum atomic E-state index is 13.9. The Morgan fingerprint density at radius 2 is 1.58 bits per heavy atom. The molecule has 62 heavy (non-hydrogen) atoms. The molecule has 3 amide bonds. The zero-order chi connectivity index (χ0) is 45.0. The van der Waals surface area contributed by atoms with Gasteiger partial charge in [-0.1, -0.05) is 60.5 Å². The van der Waals surface area contributed by atoms with Gasteiger partial charge in [0.2, 0.25) is 5.91 Å². The van der Waals surface area contributed by atoms with Gasteiger partial charge in [0.1, 0.15) is 43.3 Å². The lowest BCUT2D eigenvalue weighted by Gasteiger charge is -2.39. The second-order valence-corrected chi connectivity index (χ2v) is 16.2. The maximum absolute atomic E-state index is 13.9. The van der Waals surface area contributed by atoms with Crippen LogP contribution in [-0.2, 0) is 35.6 Å². The molecule has 328 valence electrons. The highest BCUT2D eigenvalue weighted by molar-refractivity contribution is 6.42. The van der Waals surface area contributed by atoms with Crippen LogP contribution >= 0.6 is 23.2 Å². The molecule has 2 unspecified atom stereocenters. The minimum atomic E-state index is -0.712. The lowest BCUT2D eigenvalue weighted by molar-refractivity contribution is -0.126. The van der Waals surface area contributed by atoms with Crippen molar-refractivity contribution in [2.45, 2.75) is 84.7 Å². The molecule has 0 aliphatic carbocycles. The molecule has 0 saturated carbocycles. The number of urea groups is 1. The summed E-state index contributed by atoms with van der Waals surface area (Å²) in [7, 11) is 1.00. The van der Waals surface area contributed by atoms with Crippen molar-refractivity contribution in [1.82, 2.24) is 20.5 Å². The normalized spacial score (nSPS) is 15.1. The predicted octanol–water partition coefficient (Wildman–Crippen LogP) is 9.30. The predicted molar refractivity (Wildman–Crippen MR) is 241 cm³/mol. The number of amides is 3. The molecule has 0 saturated heterocycles. The molecule has 2 aliphatic heterocycles. The molecule has 3 heterocycles. The molecule has 5 aromatic rings. The number of aliphatic hydroxyl groups excluding tert-OH is 1. The first-order chi connectivity index (χ1) is 29.9. The van der Waals surface area contributed by atoms with Crippen LogP contribution in [0.1, 0.15) is 72.4 Å². The SMILES string of the molecule is C=O.CCC(C)(C)NC(=O)N1Cc2cc3c(cc2CC1C(=O)NCCc1ccc(Oc2ccnc(C)c2C)cc1)OCC(c1ccc(OCc2ccc(Cl)c(Cl)c2)cc1)O3.CO. The number of pyridine rings is 1. The standard InChI is InChI=1S/C46H48Cl2N4O6.CH4O.CH2O/c1-6-46(4,5)51-45(54)52-25-34-24-42-41(56-27-43(58-42)32-10-14-35(15-11-32)55-26-31-9-16-37(47)38(48)21-31)23-33(34)22-39(52)44(53)50-19-17-30-7-12-36(13-8-30)57-40-18-20-49-29(3)28(40)2;2*1-2/h7-16,18,20-21,23-24,39,43H,6,17,19,22,25-27H2,1-5H3,(H,50,53)(H,51,54);2H,1H3;1H2. The third-order valence-electron chi connectivity index (χ3n) is 10.9. The molecule has 4 aromatic carbocycles. The van der Waals surface area contributed by atoms with E-state index in [0.29, 0.717) is 59.9 Å². The van der Waals surface area contributed by atoms with Gasteiger partial charge in [-0.15, -0.1) is 0 Å². The second-order valence-electron chi connectivity index (χ2n) is 15.4. The molecule has 14 heteroatoms. The first kappa shape index (κ1) is 47.2. The van der Waals surface area contributed by atoms with E-state index in [1.165, 1.54) is 0 Å². The summed E-state index contributed by atoms with van der Waals surface area (Å²) in [5.74, 6) is 3.20. The Morgan fingerprint density at radius 1 is 0.903 bits per heavy atom. The summed E-state index contributed by atoms with van der Waals surface area (Å²) < 4.78 is 24.8. The van der Waals surface area contributed by atoms with Crippen LogP contribution < -0.4 is 29.6 Å². The third-order valence-corrected chi connectivity index (χ3v) is 11.6. The Kier molecular flexibility index (Phi) is 16.6. The summed E-state index contributed by atoms with van der Waals surface area (Å²) in [6.45, 7) is 13.2. The molecular weight excluding hydrogens is 831 g/mol. The summed E-state index contributed by atoms with van der Waals surface area (Å²) in [6.07, 6.45) is 3.08. The Hall–Kier alpha value is -5.82. The van der Waals surface area contributed by atoms with Gasteiger partial charge in [-0.05, 0) is 123 Å². The molecule has 3 N–H and O–H groups in total. The van der Waals surface area contributed by atoms with Crippen LogP contribution in [-0.4, -0.2) is 65.6 Å². The number of nitrogens with one attached hydrogen (secondary N) is 2. The average molecular weight is 886 g/mol. The van der Waals surface area contributed by atoms with Crippen molar-refractivity contribution in [3.63, 3.8) is 0 Å². The Bertz CT molecular complexity index is 2310. The van der Waals surface area contributed by atoms with E-state index in [1.54, 1.807) is 23.2 Å². The highest BCUT2D eigenvalue weighted by Crippen LogP contribution is 2.41. The smallest absolute Gasteiger partial charge is 0.318 e. The van der Waals surface area contributed by atoms with Gasteiger partial charge < -0.3 is 44.4 Å². The molecule has 0 fully saturated rings. The highest BCUT2D eigenvalue weighted by atomic mass is 35.5. The number of aromatic nitrogens is 1. The Morgan fingerprint density at radius 3 is 2.27 bits per heavy atom. The summed E-state index contributed by atoms with van der Waals surface area (Å²) in [4.78, 5) is 41.7. The molecule has 0 radical (unpaired) electrons. The zero-order valence-electron chi connectivity index (χ0n) is 35.9. The lowest BCUT2D eigenvalue weighted by atomic mass is 9.92. The average Bonchev–Trinajstić information content (AvgIpc) is 3.29. The Labute approximate surface area is 373 Å². The van der Waals surface area contributed by atoms with Crippen molar-refractivity contribution in [3.05, 3.63) is 140 Å². The number of halogens is 2. The van der Waals surface area contributed by atoms with Crippen LogP contribution in [0.5, 0.6) is 28.7 Å². The maximum Gasteiger partial charge on any atom is 0.318 e. The number of hydrogen-bond acceptors (Lipinski definition) is 9. The fraction of sp³-hybridized carbons (Fsp3) is 0.333. The molecule has 12 nitrogen and oxygen atoms in total. The van der Waals surface area contributed by atoms with E-state index in [1.807, 2.05) is 114 Å². The van der Waals surface area contributed by atoms with E-state index in [2.05, 4.69) is 15.6 Å². The summed E-state index contributed by atoms with van der Waals surface area (Å²) in [5, 5.41) is 14.2. The quantitative estimate of drug-likeness (QED) is 0.112. The van der Waals surface area contributed by atoms with Crippen molar-refractivity contribution in [3.8, 4) is 28.7 Å². The highest BCUT2D eigenvalue weighted by Gasteiger charge is 2.37. The number of hydrogen-bond donors (Lipinski definition) is 3.